The first kappa shape index (κ1) is 26.2. The number of hydrogen-bond donors (Lipinski definition) is 1. The number of barbiturate groups is 1. The summed E-state index contributed by atoms with van der Waals surface area (Å²) in [4.78, 5) is 66.6. The lowest BCUT2D eigenvalue weighted by Gasteiger charge is -2.27. The molecule has 1 N–H and O–H groups in total. The Morgan fingerprint density at radius 2 is 1.40 bits per heavy atom. The summed E-state index contributed by atoms with van der Waals surface area (Å²) in [7, 11) is 4.26. The van der Waals surface area contributed by atoms with Crippen molar-refractivity contribution < 1.29 is 38.2 Å². The van der Waals surface area contributed by atoms with Crippen LogP contribution in [0.2, 0.25) is 0 Å². The number of carbonyl (C=O) groups is 5. The van der Waals surface area contributed by atoms with Gasteiger partial charge in [0.05, 0.1) is 44.7 Å². The second-order valence-electron chi connectivity index (χ2n) is 8.81. The summed E-state index contributed by atoms with van der Waals surface area (Å²) in [5, 5.41) is 2.18. The summed E-state index contributed by atoms with van der Waals surface area (Å²) < 4.78 is 16.0. The lowest BCUT2D eigenvalue weighted by atomic mass is 10.0. The van der Waals surface area contributed by atoms with E-state index in [0.717, 1.165) is 9.80 Å². The molecule has 11 nitrogen and oxygen atoms in total. The first-order valence-corrected chi connectivity index (χ1v) is 12.0. The SMILES string of the molecule is COc1ccc(OC)c(N2C(=O)NC(=O)/C(=C/c3ccc(OC)c(CN4C(=O)c5ccccc5C4=O)c3)C2=O)c1. The third-order valence-electron chi connectivity index (χ3n) is 6.55. The second kappa shape index (κ2) is 10.4. The number of imide groups is 3. The van der Waals surface area contributed by atoms with Crippen LogP contribution in [0.5, 0.6) is 17.2 Å². The Labute approximate surface area is 228 Å². The van der Waals surface area contributed by atoms with Gasteiger partial charge in [0, 0.05) is 11.6 Å². The van der Waals surface area contributed by atoms with E-state index in [1.807, 2.05) is 0 Å². The zero-order valence-electron chi connectivity index (χ0n) is 21.7. The van der Waals surface area contributed by atoms with E-state index in [4.69, 9.17) is 14.2 Å². The molecule has 5 rings (SSSR count). The third kappa shape index (κ3) is 4.43. The van der Waals surface area contributed by atoms with Gasteiger partial charge >= 0.3 is 6.03 Å². The third-order valence-corrected chi connectivity index (χ3v) is 6.55. The molecule has 1 saturated heterocycles. The van der Waals surface area contributed by atoms with Crippen LogP contribution in [0.3, 0.4) is 0 Å². The van der Waals surface area contributed by atoms with Gasteiger partial charge in [0.2, 0.25) is 0 Å². The average molecular weight is 542 g/mol. The van der Waals surface area contributed by atoms with Gasteiger partial charge < -0.3 is 14.2 Å². The molecule has 2 aliphatic heterocycles. The van der Waals surface area contributed by atoms with Crippen molar-refractivity contribution in [1.82, 2.24) is 10.2 Å². The molecule has 0 aromatic heterocycles. The molecule has 2 heterocycles. The van der Waals surface area contributed by atoms with Crippen molar-refractivity contribution >= 4 is 41.4 Å². The van der Waals surface area contributed by atoms with Gasteiger partial charge in [-0.2, -0.15) is 0 Å². The maximum Gasteiger partial charge on any atom is 0.336 e. The topological polar surface area (TPSA) is 132 Å². The molecule has 0 atom stereocenters. The maximum absolute atomic E-state index is 13.5. The predicted octanol–water partition coefficient (Wildman–Crippen LogP) is 3.18. The monoisotopic (exact) mass is 541 g/mol. The number of urea groups is 1. The van der Waals surface area contributed by atoms with E-state index in [9.17, 15) is 24.0 Å². The Morgan fingerprint density at radius 3 is 2.02 bits per heavy atom. The predicted molar refractivity (Wildman–Crippen MR) is 142 cm³/mol. The van der Waals surface area contributed by atoms with Gasteiger partial charge in [0.1, 0.15) is 22.8 Å². The summed E-state index contributed by atoms with van der Waals surface area (Å²) in [5.41, 5.74) is 1.26. The van der Waals surface area contributed by atoms with E-state index in [0.29, 0.717) is 33.8 Å². The minimum Gasteiger partial charge on any atom is -0.497 e. The van der Waals surface area contributed by atoms with Crippen molar-refractivity contribution in [2.45, 2.75) is 6.54 Å². The van der Waals surface area contributed by atoms with Crippen LogP contribution in [0, 0.1) is 0 Å². The summed E-state index contributed by atoms with van der Waals surface area (Å²) in [5.74, 6) is -1.65. The first-order valence-electron chi connectivity index (χ1n) is 12.0. The van der Waals surface area contributed by atoms with Gasteiger partial charge in [0.15, 0.2) is 0 Å². The van der Waals surface area contributed by atoms with E-state index in [-0.39, 0.29) is 23.6 Å². The smallest absolute Gasteiger partial charge is 0.336 e. The number of amides is 6. The van der Waals surface area contributed by atoms with Crippen molar-refractivity contribution in [1.29, 1.82) is 0 Å². The lowest BCUT2D eigenvalue weighted by Crippen LogP contribution is -2.54. The Morgan fingerprint density at radius 1 is 0.750 bits per heavy atom. The molecule has 0 spiro atoms. The molecule has 40 heavy (non-hydrogen) atoms. The molecule has 11 heteroatoms. The number of rotatable bonds is 7. The summed E-state index contributed by atoms with van der Waals surface area (Å²) in [6, 6.07) is 15.0. The number of methoxy groups -OCH3 is 3. The van der Waals surface area contributed by atoms with Gasteiger partial charge in [-0.15, -0.1) is 0 Å². The number of nitrogens with one attached hydrogen (secondary N) is 1. The van der Waals surface area contributed by atoms with Crippen LogP contribution in [0.25, 0.3) is 6.08 Å². The van der Waals surface area contributed by atoms with Gasteiger partial charge in [-0.25, -0.2) is 9.69 Å². The van der Waals surface area contributed by atoms with Crippen LogP contribution in [0.15, 0.2) is 66.2 Å². The number of nitrogens with zero attached hydrogens (tertiary/aromatic N) is 2. The zero-order valence-corrected chi connectivity index (χ0v) is 21.7. The molecular formula is C29H23N3O8. The number of carbonyl (C=O) groups excluding carboxylic acids is 5. The van der Waals surface area contributed by atoms with Crippen LogP contribution < -0.4 is 24.4 Å². The summed E-state index contributed by atoms with van der Waals surface area (Å²) in [6.45, 7) is -0.0989. The molecule has 0 bridgehead atoms. The Kier molecular flexibility index (Phi) is 6.78. The van der Waals surface area contributed by atoms with E-state index in [1.165, 1.54) is 39.5 Å². The summed E-state index contributed by atoms with van der Waals surface area (Å²) in [6.07, 6.45) is 1.31. The molecule has 202 valence electrons. The van der Waals surface area contributed by atoms with Crippen molar-refractivity contribution in [3.8, 4) is 17.2 Å². The first-order chi connectivity index (χ1) is 19.3. The molecule has 0 radical (unpaired) electrons. The highest BCUT2D eigenvalue weighted by atomic mass is 16.5. The molecule has 1 fully saturated rings. The quantitative estimate of drug-likeness (QED) is 0.274. The fraction of sp³-hybridized carbons (Fsp3) is 0.138. The van der Waals surface area contributed by atoms with Crippen molar-refractivity contribution in [3.05, 3.63) is 88.5 Å². The lowest BCUT2D eigenvalue weighted by molar-refractivity contribution is -0.122. The van der Waals surface area contributed by atoms with Crippen LogP contribution in [0.4, 0.5) is 10.5 Å². The maximum atomic E-state index is 13.5. The van der Waals surface area contributed by atoms with E-state index in [2.05, 4.69) is 5.32 Å². The Balaban J connectivity index is 1.50. The number of ether oxygens (including phenoxy) is 3. The van der Waals surface area contributed by atoms with E-state index in [1.54, 1.807) is 48.5 Å². The number of hydrogen-bond acceptors (Lipinski definition) is 8. The number of fused-ring (bicyclic) bond motifs is 1. The van der Waals surface area contributed by atoms with Gasteiger partial charge in [-0.3, -0.25) is 29.4 Å². The Hall–Kier alpha value is -5.45. The molecule has 3 aromatic carbocycles. The second-order valence-corrected chi connectivity index (χ2v) is 8.81. The minimum atomic E-state index is -0.945. The molecule has 3 aromatic rings. The molecule has 2 aliphatic rings. The highest BCUT2D eigenvalue weighted by Crippen LogP contribution is 2.35. The van der Waals surface area contributed by atoms with Crippen LogP contribution in [-0.4, -0.2) is 55.9 Å². The van der Waals surface area contributed by atoms with Crippen LogP contribution in [0.1, 0.15) is 31.8 Å². The average Bonchev–Trinajstić information content (AvgIpc) is 3.20. The van der Waals surface area contributed by atoms with E-state index < -0.39 is 29.7 Å². The zero-order chi connectivity index (χ0) is 28.6. The fourth-order valence-electron chi connectivity index (χ4n) is 4.58. The molecule has 0 aliphatic carbocycles. The van der Waals surface area contributed by atoms with Crippen molar-refractivity contribution in [2.24, 2.45) is 0 Å². The minimum absolute atomic E-state index is 0.0868. The highest BCUT2D eigenvalue weighted by Gasteiger charge is 2.39. The number of anilines is 1. The summed E-state index contributed by atoms with van der Waals surface area (Å²) >= 11 is 0. The Bertz CT molecular complexity index is 1590. The van der Waals surface area contributed by atoms with Crippen LogP contribution >= 0.6 is 0 Å². The largest absolute Gasteiger partial charge is 0.497 e. The standard InChI is InChI=1S/C29H23N3O8/c1-38-18-9-11-24(40-3)22(14-18)32-28(36)21(25(33)30-29(32)37)13-16-8-10-23(39-2)17(12-16)15-31-26(34)19-6-4-5-7-20(19)27(31)35/h4-14H,15H2,1-3H3,(H,30,33,37)/b21-13-. The normalized spacial score (nSPS) is 15.9. The molecule has 6 amide bonds. The molecule has 0 unspecified atom stereocenters. The molecular weight excluding hydrogens is 518 g/mol. The van der Waals surface area contributed by atoms with Crippen LogP contribution in [-0.2, 0) is 16.1 Å². The van der Waals surface area contributed by atoms with Gasteiger partial charge in [0.25, 0.3) is 23.6 Å². The van der Waals surface area contributed by atoms with Crippen molar-refractivity contribution in [2.75, 3.05) is 26.2 Å². The van der Waals surface area contributed by atoms with Crippen molar-refractivity contribution in [3.63, 3.8) is 0 Å². The number of benzene rings is 3. The van der Waals surface area contributed by atoms with Gasteiger partial charge in [-0.1, -0.05) is 18.2 Å². The molecule has 0 saturated carbocycles. The van der Waals surface area contributed by atoms with Gasteiger partial charge in [-0.05, 0) is 48.0 Å². The van der Waals surface area contributed by atoms with E-state index >= 15 is 0 Å². The highest BCUT2D eigenvalue weighted by molar-refractivity contribution is 6.39. The fourth-order valence-corrected chi connectivity index (χ4v) is 4.58.